The third-order valence-electron chi connectivity index (χ3n) is 3.53. The van der Waals surface area contributed by atoms with Crippen molar-refractivity contribution < 1.29 is 8.42 Å². The van der Waals surface area contributed by atoms with Crippen LogP contribution in [0, 0.1) is 6.92 Å². The lowest BCUT2D eigenvalue weighted by molar-refractivity contribution is 0.187. The lowest BCUT2D eigenvalue weighted by Gasteiger charge is -2.32. The first-order chi connectivity index (χ1) is 8.90. The average Bonchev–Trinajstić information content (AvgIpc) is 2.70. The second kappa shape index (κ2) is 6.22. The van der Waals surface area contributed by atoms with E-state index >= 15 is 0 Å². The van der Waals surface area contributed by atoms with E-state index in [1.807, 2.05) is 6.92 Å². The molecule has 2 rings (SSSR count). The first-order valence-corrected chi connectivity index (χ1v) is 9.45. The number of sulfonamides is 1. The first-order valence-electron chi connectivity index (χ1n) is 6.36. The molecule has 1 N–H and O–H groups in total. The number of likely N-dealkylation sites (N-methyl/N-ethyl adjacent to an activating group) is 1. The van der Waals surface area contributed by atoms with Crippen molar-refractivity contribution in [2.45, 2.75) is 36.4 Å². The van der Waals surface area contributed by atoms with Gasteiger partial charge in [-0.1, -0.05) is 6.42 Å². The van der Waals surface area contributed by atoms with E-state index in [9.17, 15) is 8.42 Å². The molecule has 1 unspecified atom stereocenters. The Morgan fingerprint density at radius 3 is 2.84 bits per heavy atom. The smallest absolute Gasteiger partial charge is 0.250 e. The van der Waals surface area contributed by atoms with Gasteiger partial charge in [0.15, 0.2) is 0 Å². The van der Waals surface area contributed by atoms with E-state index in [1.165, 1.54) is 24.2 Å². The molecule has 1 aromatic rings. The number of hydrogen-bond donors (Lipinski definition) is 1. The predicted molar refractivity (Wildman–Crippen MR) is 82.2 cm³/mol. The molecule has 0 aromatic carbocycles. The summed E-state index contributed by atoms with van der Waals surface area (Å²) in [5, 5.41) is 0. The second-order valence-corrected chi connectivity index (χ2v) is 9.37. The number of halogens is 1. The van der Waals surface area contributed by atoms with Crippen molar-refractivity contribution in [2.75, 3.05) is 20.1 Å². The molecule has 0 saturated carbocycles. The number of likely N-dealkylation sites (tertiary alicyclic amines) is 1. The number of hydrogen-bond acceptors (Lipinski definition) is 4. The highest BCUT2D eigenvalue weighted by atomic mass is 79.9. The topological polar surface area (TPSA) is 49.4 Å². The zero-order chi connectivity index (χ0) is 14.0. The minimum atomic E-state index is -3.37. The van der Waals surface area contributed by atoms with Crippen LogP contribution in [0.4, 0.5) is 0 Å². The summed E-state index contributed by atoms with van der Waals surface area (Å²) >= 11 is 4.63. The van der Waals surface area contributed by atoms with Gasteiger partial charge < -0.3 is 4.90 Å². The summed E-state index contributed by atoms with van der Waals surface area (Å²) in [6, 6.07) is 2.02. The molecule has 0 radical (unpaired) electrons. The summed E-state index contributed by atoms with van der Waals surface area (Å²) in [5.74, 6) is 0. The molecule has 108 valence electrons. The Bertz CT molecular complexity index is 522. The van der Waals surface area contributed by atoms with Gasteiger partial charge in [-0.2, -0.15) is 0 Å². The van der Waals surface area contributed by atoms with E-state index in [-0.39, 0.29) is 0 Å². The van der Waals surface area contributed by atoms with Gasteiger partial charge >= 0.3 is 0 Å². The third kappa shape index (κ3) is 3.78. The summed E-state index contributed by atoms with van der Waals surface area (Å²) in [5.41, 5.74) is 0.958. The standard InChI is InChI=1S/C12H19BrN2O2S2/c1-9-7-11(18-12(9)13)19(16,17)14-8-10-5-3-4-6-15(10)2/h7,10,14H,3-6,8H2,1-2H3. The Balaban J connectivity index is 2.01. The van der Waals surface area contributed by atoms with E-state index in [1.54, 1.807) is 6.07 Å². The largest absolute Gasteiger partial charge is 0.302 e. The van der Waals surface area contributed by atoms with Crippen LogP contribution >= 0.6 is 27.3 Å². The van der Waals surface area contributed by atoms with E-state index in [2.05, 4.69) is 32.6 Å². The normalized spacial score (nSPS) is 21.7. The maximum atomic E-state index is 12.2. The molecule has 19 heavy (non-hydrogen) atoms. The maximum Gasteiger partial charge on any atom is 0.250 e. The lowest BCUT2D eigenvalue weighted by Crippen LogP contribution is -2.44. The Labute approximate surface area is 127 Å². The number of aryl methyl sites for hydroxylation is 1. The minimum absolute atomic E-state index is 0.313. The number of thiophene rings is 1. The van der Waals surface area contributed by atoms with Gasteiger partial charge in [-0.05, 0) is 60.9 Å². The molecule has 1 fully saturated rings. The molecule has 1 aromatic heterocycles. The van der Waals surface area contributed by atoms with Crippen molar-refractivity contribution in [1.82, 2.24) is 9.62 Å². The number of rotatable bonds is 4. The van der Waals surface area contributed by atoms with Gasteiger partial charge in [-0.25, -0.2) is 13.1 Å². The van der Waals surface area contributed by atoms with E-state index < -0.39 is 10.0 Å². The first kappa shape index (κ1) is 15.4. The Morgan fingerprint density at radius 2 is 2.26 bits per heavy atom. The van der Waals surface area contributed by atoms with Crippen LogP contribution in [0.3, 0.4) is 0 Å². The molecule has 1 aliphatic heterocycles. The molecule has 1 atom stereocenters. The molecule has 4 nitrogen and oxygen atoms in total. The van der Waals surface area contributed by atoms with E-state index in [0.29, 0.717) is 16.8 Å². The quantitative estimate of drug-likeness (QED) is 0.890. The van der Waals surface area contributed by atoms with E-state index in [4.69, 9.17) is 0 Å². The summed E-state index contributed by atoms with van der Waals surface area (Å²) in [6.07, 6.45) is 3.45. The maximum absolute atomic E-state index is 12.2. The minimum Gasteiger partial charge on any atom is -0.302 e. The molecule has 0 spiro atoms. The van der Waals surface area contributed by atoms with Crippen LogP contribution in [0.15, 0.2) is 14.1 Å². The fraction of sp³-hybridized carbons (Fsp3) is 0.667. The monoisotopic (exact) mass is 366 g/mol. The Kier molecular flexibility index (Phi) is 5.05. The van der Waals surface area contributed by atoms with Crippen LogP contribution in [0.2, 0.25) is 0 Å². The van der Waals surface area contributed by atoms with Gasteiger partial charge in [0.05, 0.1) is 3.79 Å². The second-order valence-electron chi connectivity index (χ2n) is 5.00. The fourth-order valence-electron chi connectivity index (χ4n) is 2.24. The van der Waals surface area contributed by atoms with E-state index in [0.717, 1.165) is 22.3 Å². The fourth-order valence-corrected chi connectivity index (χ4v) is 5.59. The molecule has 0 amide bonds. The zero-order valence-electron chi connectivity index (χ0n) is 11.1. The summed E-state index contributed by atoms with van der Waals surface area (Å²) < 4.78 is 28.4. The van der Waals surface area contributed by atoms with Crippen molar-refractivity contribution in [1.29, 1.82) is 0 Å². The average molecular weight is 367 g/mol. The summed E-state index contributed by atoms with van der Waals surface area (Å²) in [4.78, 5) is 2.24. The lowest BCUT2D eigenvalue weighted by atomic mass is 10.0. The Hall–Kier alpha value is 0.0500. The van der Waals surface area contributed by atoms with Crippen molar-refractivity contribution in [3.05, 3.63) is 15.4 Å². The van der Waals surface area contributed by atoms with Gasteiger partial charge in [0.2, 0.25) is 10.0 Å². The molecule has 7 heteroatoms. The highest BCUT2D eigenvalue weighted by molar-refractivity contribution is 9.11. The van der Waals surface area contributed by atoms with Crippen molar-refractivity contribution in [3.8, 4) is 0 Å². The molecule has 2 heterocycles. The molecular formula is C12H19BrN2O2S2. The zero-order valence-corrected chi connectivity index (χ0v) is 14.4. The summed E-state index contributed by atoms with van der Waals surface area (Å²) in [6.45, 7) is 3.44. The molecular weight excluding hydrogens is 348 g/mol. The summed E-state index contributed by atoms with van der Waals surface area (Å²) in [7, 11) is -1.31. The Morgan fingerprint density at radius 1 is 1.53 bits per heavy atom. The molecule has 0 aliphatic carbocycles. The number of piperidine rings is 1. The van der Waals surface area contributed by atoms with Gasteiger partial charge in [0.25, 0.3) is 0 Å². The highest BCUT2D eigenvalue weighted by Crippen LogP contribution is 2.30. The third-order valence-corrected chi connectivity index (χ3v) is 7.56. The molecule has 1 aliphatic rings. The van der Waals surface area contributed by atoms with Gasteiger partial charge in [0, 0.05) is 12.6 Å². The van der Waals surface area contributed by atoms with Crippen molar-refractivity contribution in [3.63, 3.8) is 0 Å². The number of nitrogens with zero attached hydrogens (tertiary/aromatic N) is 1. The predicted octanol–water partition coefficient (Wildman–Crippen LogP) is 2.58. The SMILES string of the molecule is Cc1cc(S(=O)(=O)NCC2CCCCN2C)sc1Br. The van der Waals surface area contributed by atoms with Gasteiger partial charge in [0.1, 0.15) is 4.21 Å². The van der Waals surface area contributed by atoms with Crippen molar-refractivity contribution in [2.24, 2.45) is 0 Å². The van der Waals surface area contributed by atoms with Crippen LogP contribution in [0.5, 0.6) is 0 Å². The van der Waals surface area contributed by atoms with Gasteiger partial charge in [-0.15, -0.1) is 11.3 Å². The molecule has 0 bridgehead atoms. The van der Waals surface area contributed by atoms with Crippen LogP contribution in [0.25, 0.3) is 0 Å². The van der Waals surface area contributed by atoms with Crippen LogP contribution in [-0.4, -0.2) is 39.5 Å². The van der Waals surface area contributed by atoms with Crippen LogP contribution in [-0.2, 0) is 10.0 Å². The van der Waals surface area contributed by atoms with Gasteiger partial charge in [-0.3, -0.25) is 0 Å². The van der Waals surface area contributed by atoms with Crippen LogP contribution < -0.4 is 4.72 Å². The molecule has 1 saturated heterocycles. The number of nitrogens with one attached hydrogen (secondary N) is 1. The highest BCUT2D eigenvalue weighted by Gasteiger charge is 2.23. The van der Waals surface area contributed by atoms with Crippen LogP contribution in [0.1, 0.15) is 24.8 Å². The van der Waals surface area contributed by atoms with Crippen molar-refractivity contribution >= 4 is 37.3 Å².